The predicted molar refractivity (Wildman–Crippen MR) is 67.4 cm³/mol. The number of aromatic hydroxyl groups is 1. The van der Waals surface area contributed by atoms with E-state index in [2.05, 4.69) is 5.32 Å². The summed E-state index contributed by atoms with van der Waals surface area (Å²) in [5.41, 5.74) is -0.0775. The maximum Gasteiger partial charge on any atom is 0.255 e. The second kappa shape index (κ2) is 5.56. The number of benzene rings is 1. The van der Waals surface area contributed by atoms with Gasteiger partial charge in [0.2, 0.25) is 0 Å². The van der Waals surface area contributed by atoms with E-state index in [-0.39, 0.29) is 17.4 Å². The average Bonchev–Trinajstić information content (AvgIpc) is 2.84. The number of carbonyl (C=O) groups is 1. The molecule has 2 N–H and O–H groups in total. The van der Waals surface area contributed by atoms with Crippen LogP contribution in [0.2, 0.25) is 0 Å². The normalized spacial score (nSPS) is 12.1. The SMILES string of the molecule is CC(Cc1ccco1)NC(=O)c1cc(F)ccc1O. The van der Waals surface area contributed by atoms with E-state index in [1.165, 1.54) is 0 Å². The second-order valence-corrected chi connectivity index (χ2v) is 4.32. The molecule has 2 rings (SSSR count). The fourth-order valence-electron chi connectivity index (χ4n) is 1.77. The quantitative estimate of drug-likeness (QED) is 0.890. The lowest BCUT2D eigenvalue weighted by molar-refractivity contribution is 0.0936. The van der Waals surface area contributed by atoms with Gasteiger partial charge in [-0.3, -0.25) is 4.79 Å². The highest BCUT2D eigenvalue weighted by molar-refractivity contribution is 5.96. The van der Waals surface area contributed by atoms with E-state index >= 15 is 0 Å². The highest BCUT2D eigenvalue weighted by Gasteiger charge is 2.15. The van der Waals surface area contributed by atoms with Gasteiger partial charge in [0.05, 0.1) is 11.8 Å². The molecule has 1 aromatic carbocycles. The summed E-state index contributed by atoms with van der Waals surface area (Å²) in [5.74, 6) is -0.585. The van der Waals surface area contributed by atoms with Gasteiger partial charge in [-0.15, -0.1) is 0 Å². The first-order valence-electron chi connectivity index (χ1n) is 5.88. The molecule has 1 unspecified atom stereocenters. The van der Waals surface area contributed by atoms with Crippen LogP contribution >= 0.6 is 0 Å². The molecule has 1 aromatic heterocycles. The van der Waals surface area contributed by atoms with E-state index in [4.69, 9.17) is 4.42 Å². The third-order valence-corrected chi connectivity index (χ3v) is 2.67. The molecule has 1 atom stereocenters. The van der Waals surface area contributed by atoms with Crippen molar-refractivity contribution in [2.75, 3.05) is 0 Å². The molecule has 0 saturated carbocycles. The maximum absolute atomic E-state index is 13.0. The molecule has 0 aliphatic rings. The zero-order valence-electron chi connectivity index (χ0n) is 10.4. The van der Waals surface area contributed by atoms with Gasteiger partial charge in [0.1, 0.15) is 17.3 Å². The molecule has 0 aliphatic carbocycles. The Kier molecular flexibility index (Phi) is 3.85. The van der Waals surface area contributed by atoms with Crippen LogP contribution in [0.5, 0.6) is 5.75 Å². The molecule has 4 nitrogen and oxygen atoms in total. The van der Waals surface area contributed by atoms with Gasteiger partial charge >= 0.3 is 0 Å². The Balaban J connectivity index is 2.02. The highest BCUT2D eigenvalue weighted by Crippen LogP contribution is 2.18. The van der Waals surface area contributed by atoms with Crippen LogP contribution < -0.4 is 5.32 Å². The zero-order chi connectivity index (χ0) is 13.8. The van der Waals surface area contributed by atoms with Gasteiger partial charge in [-0.2, -0.15) is 0 Å². The minimum Gasteiger partial charge on any atom is -0.507 e. The number of phenolic OH excluding ortho intramolecular Hbond substituents is 1. The van der Waals surface area contributed by atoms with Crippen LogP contribution in [0, 0.1) is 5.82 Å². The first kappa shape index (κ1) is 13.1. The van der Waals surface area contributed by atoms with Gasteiger partial charge in [0.15, 0.2) is 0 Å². The van der Waals surface area contributed by atoms with Crippen LogP contribution in [-0.2, 0) is 6.42 Å². The van der Waals surface area contributed by atoms with Gasteiger partial charge in [-0.1, -0.05) is 0 Å². The number of halogens is 1. The lowest BCUT2D eigenvalue weighted by Crippen LogP contribution is -2.34. The molecule has 0 bridgehead atoms. The Morgan fingerprint density at radius 3 is 2.95 bits per heavy atom. The Morgan fingerprint density at radius 1 is 1.47 bits per heavy atom. The molecule has 0 fully saturated rings. The standard InChI is InChI=1S/C14H14FNO3/c1-9(7-11-3-2-6-19-11)16-14(18)12-8-10(15)4-5-13(12)17/h2-6,8-9,17H,7H2,1H3,(H,16,18). The Hall–Kier alpha value is -2.30. The lowest BCUT2D eigenvalue weighted by atomic mass is 10.1. The Morgan fingerprint density at radius 2 is 2.26 bits per heavy atom. The summed E-state index contributed by atoms with van der Waals surface area (Å²) < 4.78 is 18.2. The fourth-order valence-corrected chi connectivity index (χ4v) is 1.77. The first-order chi connectivity index (χ1) is 9.06. The lowest BCUT2D eigenvalue weighted by Gasteiger charge is -2.13. The summed E-state index contributed by atoms with van der Waals surface area (Å²) in [7, 11) is 0. The van der Waals surface area contributed by atoms with E-state index in [9.17, 15) is 14.3 Å². The minimum atomic E-state index is -0.568. The van der Waals surface area contributed by atoms with Crippen LogP contribution in [-0.4, -0.2) is 17.1 Å². The fraction of sp³-hybridized carbons (Fsp3) is 0.214. The molecule has 19 heavy (non-hydrogen) atoms. The molecule has 1 amide bonds. The summed E-state index contributed by atoms with van der Waals surface area (Å²) in [5, 5.41) is 12.2. The van der Waals surface area contributed by atoms with Crippen molar-refractivity contribution in [2.45, 2.75) is 19.4 Å². The van der Waals surface area contributed by atoms with Crippen molar-refractivity contribution < 1.29 is 18.7 Å². The van der Waals surface area contributed by atoms with Crippen LogP contribution in [0.4, 0.5) is 4.39 Å². The van der Waals surface area contributed by atoms with E-state index in [0.717, 1.165) is 24.0 Å². The highest BCUT2D eigenvalue weighted by atomic mass is 19.1. The summed E-state index contributed by atoms with van der Waals surface area (Å²) in [6.07, 6.45) is 2.08. The molecule has 0 radical (unpaired) electrons. The van der Waals surface area contributed by atoms with Crippen molar-refractivity contribution in [3.05, 3.63) is 53.7 Å². The number of carbonyl (C=O) groups excluding carboxylic acids is 1. The maximum atomic E-state index is 13.0. The molecule has 2 aromatic rings. The van der Waals surface area contributed by atoms with Gasteiger partial charge in [-0.05, 0) is 37.3 Å². The van der Waals surface area contributed by atoms with Crippen LogP contribution in [0.15, 0.2) is 41.0 Å². The van der Waals surface area contributed by atoms with Gasteiger partial charge in [-0.25, -0.2) is 4.39 Å². The summed E-state index contributed by atoms with van der Waals surface area (Å²) >= 11 is 0. The van der Waals surface area contributed by atoms with Crippen molar-refractivity contribution in [1.82, 2.24) is 5.32 Å². The number of phenols is 1. The smallest absolute Gasteiger partial charge is 0.255 e. The van der Waals surface area contributed by atoms with Crippen LogP contribution in [0.1, 0.15) is 23.0 Å². The second-order valence-electron chi connectivity index (χ2n) is 4.32. The molecular formula is C14H14FNO3. The molecule has 0 spiro atoms. The molecular weight excluding hydrogens is 249 g/mol. The Bertz CT molecular complexity index is 566. The van der Waals surface area contributed by atoms with Crippen molar-refractivity contribution in [2.24, 2.45) is 0 Å². The number of hydrogen-bond acceptors (Lipinski definition) is 3. The van der Waals surface area contributed by atoms with E-state index < -0.39 is 11.7 Å². The monoisotopic (exact) mass is 263 g/mol. The Labute approximate surface area is 109 Å². The number of hydrogen-bond donors (Lipinski definition) is 2. The predicted octanol–water partition coefficient (Wildman–Crippen LogP) is 2.49. The minimum absolute atomic E-state index is 0.0775. The van der Waals surface area contributed by atoms with E-state index in [0.29, 0.717) is 6.42 Å². The summed E-state index contributed by atoms with van der Waals surface area (Å²) in [6.45, 7) is 1.80. The number of nitrogens with one attached hydrogen (secondary N) is 1. The van der Waals surface area contributed by atoms with Gasteiger partial charge < -0.3 is 14.8 Å². The molecule has 0 aliphatic heterocycles. The molecule has 1 heterocycles. The molecule has 5 heteroatoms. The van der Waals surface area contributed by atoms with Crippen molar-refractivity contribution >= 4 is 5.91 Å². The number of furan rings is 1. The largest absolute Gasteiger partial charge is 0.507 e. The van der Waals surface area contributed by atoms with Crippen LogP contribution in [0.3, 0.4) is 0 Å². The first-order valence-corrected chi connectivity index (χ1v) is 5.88. The van der Waals surface area contributed by atoms with E-state index in [1.807, 2.05) is 6.07 Å². The summed E-state index contributed by atoms with van der Waals surface area (Å²) in [6, 6.07) is 6.63. The van der Waals surface area contributed by atoms with Crippen molar-refractivity contribution in [3.63, 3.8) is 0 Å². The topological polar surface area (TPSA) is 62.5 Å². The third-order valence-electron chi connectivity index (χ3n) is 2.67. The number of amides is 1. The summed E-state index contributed by atoms with van der Waals surface area (Å²) in [4.78, 5) is 11.9. The molecule has 100 valence electrons. The third kappa shape index (κ3) is 3.34. The average molecular weight is 263 g/mol. The van der Waals surface area contributed by atoms with Gasteiger partial charge in [0, 0.05) is 12.5 Å². The zero-order valence-corrected chi connectivity index (χ0v) is 10.4. The van der Waals surface area contributed by atoms with Crippen LogP contribution in [0.25, 0.3) is 0 Å². The van der Waals surface area contributed by atoms with E-state index in [1.54, 1.807) is 19.3 Å². The number of rotatable bonds is 4. The molecule has 0 saturated heterocycles. The van der Waals surface area contributed by atoms with Crippen molar-refractivity contribution in [3.8, 4) is 5.75 Å². The van der Waals surface area contributed by atoms with Crippen molar-refractivity contribution in [1.29, 1.82) is 0 Å². The van der Waals surface area contributed by atoms with Gasteiger partial charge in [0.25, 0.3) is 5.91 Å².